The third kappa shape index (κ3) is 2.86. The Kier molecular flexibility index (Phi) is 4.77. The average molecular weight is 443 g/mol. The molecule has 4 nitrogen and oxygen atoms in total. The maximum absolute atomic E-state index is 13.4. The van der Waals surface area contributed by atoms with Gasteiger partial charge in [-0.25, -0.2) is 8.42 Å². The monoisotopic (exact) mass is 442 g/mol. The molecule has 0 radical (unpaired) electrons. The van der Waals surface area contributed by atoms with Crippen molar-refractivity contribution in [2.45, 2.75) is 44.0 Å². The molecule has 0 spiro atoms. The van der Waals surface area contributed by atoms with Crippen molar-refractivity contribution in [2.75, 3.05) is 24.5 Å². The van der Waals surface area contributed by atoms with Gasteiger partial charge in [-0.05, 0) is 67.7 Å². The van der Waals surface area contributed by atoms with Crippen LogP contribution in [0.3, 0.4) is 0 Å². The van der Waals surface area contributed by atoms with E-state index in [1.165, 1.54) is 22.4 Å². The fourth-order valence-corrected chi connectivity index (χ4v) is 7.33. The van der Waals surface area contributed by atoms with Gasteiger partial charge >= 0.3 is 0 Å². The van der Waals surface area contributed by atoms with E-state index in [-0.39, 0.29) is 0 Å². The summed E-state index contributed by atoms with van der Waals surface area (Å²) in [5.41, 5.74) is 6.22. The first-order valence-corrected chi connectivity index (χ1v) is 12.5. The number of hydrogen-bond donors (Lipinski definition) is 0. The van der Waals surface area contributed by atoms with Gasteiger partial charge in [0.25, 0.3) is 0 Å². The zero-order chi connectivity index (χ0) is 21.2. The van der Waals surface area contributed by atoms with Gasteiger partial charge in [-0.2, -0.15) is 4.31 Å². The fraction of sp³-hybridized carbons (Fsp3) is 0.417. The second kappa shape index (κ2) is 7.11. The Morgan fingerprint density at radius 2 is 1.80 bits per heavy atom. The van der Waals surface area contributed by atoms with Crippen molar-refractivity contribution in [3.8, 4) is 0 Å². The average Bonchev–Trinajstić information content (AvgIpc) is 2.92. The van der Waals surface area contributed by atoms with Gasteiger partial charge in [-0.15, -0.1) is 0 Å². The maximum Gasteiger partial charge on any atom is 0.243 e. The van der Waals surface area contributed by atoms with Crippen molar-refractivity contribution in [3.63, 3.8) is 0 Å². The number of rotatable bonds is 3. The van der Waals surface area contributed by atoms with E-state index in [0.717, 1.165) is 17.0 Å². The number of sulfonamides is 1. The summed E-state index contributed by atoms with van der Waals surface area (Å²) in [6, 6.07) is 13.7. The van der Waals surface area contributed by atoms with Gasteiger partial charge in [0.05, 0.1) is 10.9 Å². The molecule has 0 bridgehead atoms. The molecule has 30 heavy (non-hydrogen) atoms. The molecule has 2 heterocycles. The topological polar surface area (TPSA) is 40.6 Å². The molecular weight excluding hydrogens is 416 g/mol. The molecule has 0 N–H and O–H groups in total. The van der Waals surface area contributed by atoms with Crippen LogP contribution in [0, 0.1) is 12.8 Å². The number of nitrogens with zero attached hydrogens (tertiary/aromatic N) is 2. The van der Waals surface area contributed by atoms with Crippen LogP contribution in [0.15, 0.2) is 58.5 Å². The number of fused-ring (bicyclic) bond motifs is 3. The summed E-state index contributed by atoms with van der Waals surface area (Å²) >= 11 is 6.33. The van der Waals surface area contributed by atoms with Crippen LogP contribution in [0.4, 0.5) is 5.69 Å². The normalized spacial score (nSPS) is 28.4. The third-order valence-corrected chi connectivity index (χ3v) is 9.18. The van der Waals surface area contributed by atoms with E-state index in [1.54, 1.807) is 16.4 Å². The lowest BCUT2D eigenvalue weighted by Crippen LogP contribution is -2.54. The summed E-state index contributed by atoms with van der Waals surface area (Å²) in [6.07, 6.45) is 1.05. The molecule has 1 aliphatic carbocycles. The van der Waals surface area contributed by atoms with Crippen LogP contribution in [0.1, 0.15) is 37.3 Å². The first-order chi connectivity index (χ1) is 14.3. The molecule has 0 aromatic heterocycles. The van der Waals surface area contributed by atoms with Crippen molar-refractivity contribution in [3.05, 3.63) is 69.8 Å². The molecule has 5 rings (SSSR count). The van der Waals surface area contributed by atoms with E-state index in [9.17, 15) is 8.42 Å². The quantitative estimate of drug-likeness (QED) is 0.629. The second-order valence-electron chi connectivity index (χ2n) is 8.77. The van der Waals surface area contributed by atoms with Gasteiger partial charge in [0.2, 0.25) is 10.0 Å². The lowest BCUT2D eigenvalue weighted by molar-refractivity contribution is 0.294. The van der Waals surface area contributed by atoms with E-state index in [2.05, 4.69) is 30.9 Å². The summed E-state index contributed by atoms with van der Waals surface area (Å²) in [4.78, 5) is 2.79. The SMILES string of the molecule is CC[C@@H]1/C2=C(\C)CN(S(=O)(=O)c3ccc(C)cc3)CCN3c4ccc(Cl)cc4C1C23. The van der Waals surface area contributed by atoms with Crippen LogP contribution in [-0.2, 0) is 10.0 Å². The minimum Gasteiger partial charge on any atom is -0.363 e. The van der Waals surface area contributed by atoms with E-state index in [0.29, 0.717) is 42.4 Å². The Morgan fingerprint density at radius 3 is 2.50 bits per heavy atom. The summed E-state index contributed by atoms with van der Waals surface area (Å²) in [6.45, 7) is 7.95. The molecular formula is C24H27ClN2O2S. The molecule has 2 unspecified atom stereocenters. The van der Waals surface area contributed by atoms with E-state index >= 15 is 0 Å². The molecule has 1 saturated carbocycles. The van der Waals surface area contributed by atoms with Crippen LogP contribution < -0.4 is 4.90 Å². The predicted molar refractivity (Wildman–Crippen MR) is 122 cm³/mol. The number of hydrogen-bond acceptors (Lipinski definition) is 3. The van der Waals surface area contributed by atoms with Crippen LogP contribution in [0.2, 0.25) is 5.02 Å². The third-order valence-electron chi connectivity index (χ3n) is 7.08. The highest BCUT2D eigenvalue weighted by Gasteiger charge is 2.55. The summed E-state index contributed by atoms with van der Waals surface area (Å²) in [5, 5.41) is 0.775. The van der Waals surface area contributed by atoms with E-state index < -0.39 is 10.0 Å². The molecule has 2 aromatic rings. The molecule has 3 atom stereocenters. The summed E-state index contributed by atoms with van der Waals surface area (Å²) in [7, 11) is -3.54. The van der Waals surface area contributed by atoms with Gasteiger partial charge in [-0.1, -0.05) is 41.8 Å². The van der Waals surface area contributed by atoms with Crippen molar-refractivity contribution in [1.29, 1.82) is 0 Å². The summed E-state index contributed by atoms with van der Waals surface area (Å²) < 4.78 is 28.5. The Bertz CT molecular complexity index is 1140. The molecule has 3 aliphatic rings. The van der Waals surface area contributed by atoms with Crippen molar-refractivity contribution in [1.82, 2.24) is 4.31 Å². The van der Waals surface area contributed by atoms with Gasteiger partial charge in [0.1, 0.15) is 0 Å². The Labute approximate surface area is 184 Å². The lowest BCUT2D eigenvalue weighted by Gasteiger charge is -2.50. The van der Waals surface area contributed by atoms with E-state index in [1.807, 2.05) is 25.1 Å². The van der Waals surface area contributed by atoms with Gasteiger partial charge in [0, 0.05) is 36.3 Å². The standard InChI is InChI=1S/C24H27ClN2O2S/c1-4-19-22-16(3)14-26(30(28,29)18-8-5-15(2)6-9-18)11-12-27-21-10-7-17(25)13-20(21)23(19)24(22)27/h5-10,13,19,23-24H,4,11-12,14H2,1-3H3/b22-16-/t19-,23?,24?/m1/s1. The Hall–Kier alpha value is -1.82. The first-order valence-electron chi connectivity index (χ1n) is 10.7. The van der Waals surface area contributed by atoms with Crippen LogP contribution in [0.25, 0.3) is 0 Å². The van der Waals surface area contributed by atoms with Crippen LogP contribution in [0.5, 0.6) is 0 Å². The predicted octanol–water partition coefficient (Wildman–Crippen LogP) is 4.98. The van der Waals surface area contributed by atoms with Gasteiger partial charge in [-0.3, -0.25) is 0 Å². The molecule has 0 amide bonds. The molecule has 2 aliphatic heterocycles. The highest BCUT2D eigenvalue weighted by Crippen LogP contribution is 2.60. The van der Waals surface area contributed by atoms with Crippen LogP contribution in [-0.4, -0.2) is 38.4 Å². The molecule has 6 heteroatoms. The molecule has 1 fully saturated rings. The Balaban J connectivity index is 1.56. The van der Waals surface area contributed by atoms with Crippen molar-refractivity contribution >= 4 is 27.3 Å². The fourth-order valence-electron chi connectivity index (χ4n) is 5.68. The zero-order valence-corrected chi connectivity index (χ0v) is 19.2. The highest BCUT2D eigenvalue weighted by molar-refractivity contribution is 7.89. The minimum atomic E-state index is -3.54. The summed E-state index contributed by atoms with van der Waals surface area (Å²) in [5.74, 6) is 0.924. The number of aryl methyl sites for hydroxylation is 1. The lowest BCUT2D eigenvalue weighted by atomic mass is 9.61. The number of anilines is 1. The van der Waals surface area contributed by atoms with Gasteiger partial charge < -0.3 is 4.90 Å². The minimum absolute atomic E-state index is 0.354. The number of halogens is 1. The molecule has 0 saturated heterocycles. The van der Waals surface area contributed by atoms with Crippen molar-refractivity contribution in [2.24, 2.45) is 5.92 Å². The first kappa shape index (κ1) is 20.1. The maximum atomic E-state index is 13.4. The zero-order valence-electron chi connectivity index (χ0n) is 17.6. The second-order valence-corrected chi connectivity index (χ2v) is 11.1. The largest absolute Gasteiger partial charge is 0.363 e. The molecule has 2 aromatic carbocycles. The van der Waals surface area contributed by atoms with E-state index in [4.69, 9.17) is 11.6 Å². The number of benzene rings is 2. The van der Waals surface area contributed by atoms with Crippen molar-refractivity contribution < 1.29 is 8.42 Å². The highest BCUT2D eigenvalue weighted by atomic mass is 35.5. The molecule has 158 valence electrons. The van der Waals surface area contributed by atoms with Gasteiger partial charge in [0.15, 0.2) is 0 Å². The Morgan fingerprint density at radius 1 is 1.07 bits per heavy atom. The van der Waals surface area contributed by atoms with Crippen LogP contribution >= 0.6 is 11.6 Å². The smallest absolute Gasteiger partial charge is 0.243 e.